The largest absolute Gasteiger partial charge is 0.497 e. The predicted octanol–water partition coefficient (Wildman–Crippen LogP) is 9.06. The first-order valence-electron chi connectivity index (χ1n) is 14.3. The quantitative estimate of drug-likeness (QED) is 0.117. The molecule has 0 aliphatic rings. The van der Waals surface area contributed by atoms with Crippen LogP contribution in [0.2, 0.25) is 0 Å². The van der Waals surface area contributed by atoms with Gasteiger partial charge < -0.3 is 18.9 Å². The Balaban J connectivity index is 1.88. The topological polar surface area (TPSA) is 36.9 Å². The van der Waals surface area contributed by atoms with E-state index in [1.807, 2.05) is 30.3 Å². The van der Waals surface area contributed by atoms with Crippen LogP contribution >= 0.6 is 0 Å². The number of unbranched alkanes of at least 4 members (excludes halogenated alkanes) is 9. The highest BCUT2D eigenvalue weighted by Gasteiger charge is 2.22. The average molecular weight is 511 g/mol. The molecule has 37 heavy (non-hydrogen) atoms. The van der Waals surface area contributed by atoms with Gasteiger partial charge in [-0.1, -0.05) is 101 Å². The highest BCUT2D eigenvalue weighted by Crippen LogP contribution is 2.22. The Morgan fingerprint density at radius 3 is 1.49 bits per heavy atom. The van der Waals surface area contributed by atoms with E-state index in [9.17, 15) is 0 Å². The van der Waals surface area contributed by atoms with Crippen molar-refractivity contribution < 1.29 is 18.9 Å². The Morgan fingerprint density at radius 1 is 0.622 bits per heavy atom. The molecule has 4 heteroatoms. The SMILES string of the molecule is C=CC[C@@H](OCc1ccc(OC)cc1)[C@@H](CCCCCCCCCCCC)OCc1ccc(OC)cc1. The molecule has 0 aliphatic heterocycles. The third kappa shape index (κ3) is 13.2. The van der Waals surface area contributed by atoms with Crippen LogP contribution in [0.1, 0.15) is 95.1 Å². The van der Waals surface area contributed by atoms with Crippen LogP contribution in [0.4, 0.5) is 0 Å². The second kappa shape index (κ2) is 19.8. The molecule has 0 amide bonds. The number of rotatable bonds is 22. The lowest BCUT2D eigenvalue weighted by molar-refractivity contribution is -0.0878. The summed E-state index contributed by atoms with van der Waals surface area (Å²) in [7, 11) is 3.37. The first kappa shape index (κ1) is 30.9. The molecule has 0 unspecified atom stereocenters. The second-order valence-electron chi connectivity index (χ2n) is 9.89. The Bertz CT molecular complexity index is 815. The molecule has 2 aromatic rings. The highest BCUT2D eigenvalue weighted by molar-refractivity contribution is 5.27. The van der Waals surface area contributed by atoms with Crippen molar-refractivity contribution in [2.24, 2.45) is 0 Å². The Kier molecular flexibility index (Phi) is 16.5. The molecular formula is C33H50O4. The number of ether oxygens (including phenoxy) is 4. The van der Waals surface area contributed by atoms with Crippen molar-refractivity contribution in [2.75, 3.05) is 14.2 Å². The van der Waals surface area contributed by atoms with Crippen molar-refractivity contribution in [3.05, 3.63) is 72.3 Å². The van der Waals surface area contributed by atoms with Gasteiger partial charge in [0.1, 0.15) is 11.5 Å². The zero-order chi connectivity index (χ0) is 26.6. The number of benzene rings is 2. The van der Waals surface area contributed by atoms with Crippen molar-refractivity contribution in [3.63, 3.8) is 0 Å². The van der Waals surface area contributed by atoms with Crippen LogP contribution < -0.4 is 9.47 Å². The summed E-state index contributed by atoms with van der Waals surface area (Å²) in [6.07, 6.45) is 17.0. The van der Waals surface area contributed by atoms with Gasteiger partial charge in [0.05, 0.1) is 39.6 Å². The van der Waals surface area contributed by atoms with Gasteiger partial charge in [-0.25, -0.2) is 0 Å². The fourth-order valence-corrected chi connectivity index (χ4v) is 4.55. The van der Waals surface area contributed by atoms with Crippen LogP contribution in [0.5, 0.6) is 11.5 Å². The van der Waals surface area contributed by atoms with E-state index in [1.54, 1.807) is 14.2 Å². The first-order chi connectivity index (χ1) is 18.2. The number of hydrogen-bond acceptors (Lipinski definition) is 4. The van der Waals surface area contributed by atoms with Crippen LogP contribution in [0, 0.1) is 0 Å². The molecule has 0 bridgehead atoms. The minimum atomic E-state index is -0.0311. The van der Waals surface area contributed by atoms with Gasteiger partial charge in [-0.05, 0) is 48.2 Å². The maximum atomic E-state index is 6.49. The first-order valence-corrected chi connectivity index (χ1v) is 14.3. The van der Waals surface area contributed by atoms with Gasteiger partial charge in [0.2, 0.25) is 0 Å². The molecule has 0 fully saturated rings. The Morgan fingerprint density at radius 2 is 1.05 bits per heavy atom. The van der Waals surface area contributed by atoms with Crippen LogP contribution in [0.15, 0.2) is 61.2 Å². The molecule has 0 aliphatic carbocycles. The fourth-order valence-electron chi connectivity index (χ4n) is 4.55. The van der Waals surface area contributed by atoms with E-state index in [0.29, 0.717) is 13.2 Å². The van der Waals surface area contributed by atoms with Crippen LogP contribution in [0.25, 0.3) is 0 Å². The molecular weight excluding hydrogens is 460 g/mol. The van der Waals surface area contributed by atoms with E-state index < -0.39 is 0 Å². The number of methoxy groups -OCH3 is 2. The molecule has 0 aromatic heterocycles. The monoisotopic (exact) mass is 510 g/mol. The third-order valence-electron chi connectivity index (χ3n) is 6.90. The molecule has 0 spiro atoms. The summed E-state index contributed by atoms with van der Waals surface area (Å²) in [5.74, 6) is 1.71. The van der Waals surface area contributed by atoms with Gasteiger partial charge in [-0.3, -0.25) is 0 Å². The maximum absolute atomic E-state index is 6.49. The summed E-state index contributed by atoms with van der Waals surface area (Å²) >= 11 is 0. The number of hydrogen-bond donors (Lipinski definition) is 0. The van der Waals surface area contributed by atoms with Gasteiger partial charge in [-0.15, -0.1) is 6.58 Å². The Hall–Kier alpha value is -2.30. The molecule has 4 nitrogen and oxygen atoms in total. The lowest BCUT2D eigenvalue weighted by Gasteiger charge is -2.27. The minimum Gasteiger partial charge on any atom is -0.497 e. The van der Waals surface area contributed by atoms with Crippen molar-refractivity contribution in [3.8, 4) is 11.5 Å². The summed E-state index contributed by atoms with van der Waals surface area (Å²) < 4.78 is 23.5. The van der Waals surface area contributed by atoms with Crippen molar-refractivity contribution in [1.29, 1.82) is 0 Å². The average Bonchev–Trinajstić information content (AvgIpc) is 2.94. The molecule has 0 radical (unpaired) electrons. The molecule has 2 atom stereocenters. The molecule has 0 saturated heterocycles. The molecule has 206 valence electrons. The summed E-state index contributed by atoms with van der Waals surface area (Å²) in [4.78, 5) is 0. The van der Waals surface area contributed by atoms with E-state index in [2.05, 4.69) is 37.8 Å². The van der Waals surface area contributed by atoms with E-state index in [-0.39, 0.29) is 12.2 Å². The molecule has 2 rings (SSSR count). The van der Waals surface area contributed by atoms with Crippen LogP contribution in [-0.4, -0.2) is 26.4 Å². The second-order valence-corrected chi connectivity index (χ2v) is 9.89. The fraction of sp³-hybridized carbons (Fsp3) is 0.576. The molecule has 2 aromatic carbocycles. The summed E-state index contributed by atoms with van der Waals surface area (Å²) in [5.41, 5.74) is 2.27. The van der Waals surface area contributed by atoms with Gasteiger partial charge in [-0.2, -0.15) is 0 Å². The molecule has 0 N–H and O–H groups in total. The smallest absolute Gasteiger partial charge is 0.118 e. The standard InChI is InChI=1S/C33H50O4/c1-5-7-8-9-10-11-12-13-14-15-17-33(37-27-29-20-24-31(35-4)25-21-29)32(16-6-2)36-26-28-18-22-30(34-3)23-19-28/h6,18-25,32-33H,2,5,7-17,26-27H2,1,3-4H3/t32-,33-/m1/s1. The highest BCUT2D eigenvalue weighted by atomic mass is 16.5. The summed E-state index contributed by atoms with van der Waals surface area (Å²) in [5, 5.41) is 0. The third-order valence-corrected chi connectivity index (χ3v) is 6.90. The minimum absolute atomic E-state index is 0.0207. The van der Waals surface area contributed by atoms with E-state index in [0.717, 1.165) is 41.9 Å². The van der Waals surface area contributed by atoms with Crippen molar-refractivity contribution in [1.82, 2.24) is 0 Å². The van der Waals surface area contributed by atoms with Crippen molar-refractivity contribution >= 4 is 0 Å². The van der Waals surface area contributed by atoms with Gasteiger partial charge in [0.15, 0.2) is 0 Å². The maximum Gasteiger partial charge on any atom is 0.118 e. The Labute approximate surface area is 226 Å². The van der Waals surface area contributed by atoms with Crippen LogP contribution in [0.3, 0.4) is 0 Å². The normalized spacial score (nSPS) is 12.7. The summed E-state index contributed by atoms with van der Waals surface area (Å²) in [6, 6.07) is 16.2. The van der Waals surface area contributed by atoms with Crippen molar-refractivity contribution in [2.45, 2.75) is 109 Å². The van der Waals surface area contributed by atoms with E-state index in [4.69, 9.17) is 18.9 Å². The predicted molar refractivity (Wildman–Crippen MR) is 154 cm³/mol. The molecule has 0 heterocycles. The van der Waals surface area contributed by atoms with Crippen LogP contribution in [-0.2, 0) is 22.7 Å². The van der Waals surface area contributed by atoms with Gasteiger partial charge >= 0.3 is 0 Å². The zero-order valence-electron chi connectivity index (χ0n) is 23.6. The van der Waals surface area contributed by atoms with Gasteiger partial charge in [0.25, 0.3) is 0 Å². The molecule has 0 saturated carbocycles. The lowest BCUT2D eigenvalue weighted by Crippen LogP contribution is -2.31. The van der Waals surface area contributed by atoms with E-state index in [1.165, 1.54) is 57.8 Å². The van der Waals surface area contributed by atoms with E-state index >= 15 is 0 Å². The lowest BCUT2D eigenvalue weighted by atomic mass is 10.0. The summed E-state index contributed by atoms with van der Waals surface area (Å²) in [6.45, 7) is 7.37. The van der Waals surface area contributed by atoms with Gasteiger partial charge in [0, 0.05) is 0 Å². The zero-order valence-corrected chi connectivity index (χ0v) is 23.6.